The van der Waals surface area contributed by atoms with Gasteiger partial charge in [-0.05, 0) is 29.5 Å². The van der Waals surface area contributed by atoms with Gasteiger partial charge in [-0.1, -0.05) is 33.8 Å². The average Bonchev–Trinajstić information content (AvgIpc) is 3.02. The predicted molar refractivity (Wildman–Crippen MR) is 106 cm³/mol. The molecule has 1 atom stereocenters. The molecule has 2 rings (SSSR count). The molecule has 0 saturated carbocycles. The summed E-state index contributed by atoms with van der Waals surface area (Å²) in [6.45, 7) is 7.59. The first-order valence-electron chi connectivity index (χ1n) is 9.14. The molecule has 1 heterocycles. The number of thiazole rings is 1. The number of anilines is 1. The summed E-state index contributed by atoms with van der Waals surface area (Å²) in [6, 6.07) is 3.08. The van der Waals surface area contributed by atoms with Crippen molar-refractivity contribution in [1.82, 2.24) is 10.3 Å². The van der Waals surface area contributed by atoms with Crippen molar-refractivity contribution in [3.63, 3.8) is 0 Å². The fourth-order valence-corrected chi connectivity index (χ4v) is 3.47. The van der Waals surface area contributed by atoms with Crippen molar-refractivity contribution in [2.75, 3.05) is 5.32 Å². The maximum absolute atomic E-state index is 13.3. The van der Waals surface area contributed by atoms with Gasteiger partial charge in [-0.2, -0.15) is 0 Å². The van der Waals surface area contributed by atoms with Gasteiger partial charge >= 0.3 is 0 Å². The Labute approximate surface area is 167 Å². The first-order chi connectivity index (χ1) is 13.2. The number of benzene rings is 1. The van der Waals surface area contributed by atoms with Gasteiger partial charge in [-0.15, -0.1) is 11.3 Å². The van der Waals surface area contributed by atoms with Gasteiger partial charge in [-0.3, -0.25) is 9.59 Å². The van der Waals surface area contributed by atoms with Crippen LogP contribution in [-0.2, 0) is 16.0 Å². The van der Waals surface area contributed by atoms with E-state index in [0.717, 1.165) is 17.0 Å². The van der Waals surface area contributed by atoms with Crippen LogP contribution in [0.4, 0.5) is 13.9 Å². The van der Waals surface area contributed by atoms with E-state index in [4.69, 9.17) is 0 Å². The molecule has 2 aromatic rings. The molecule has 0 spiro atoms. The third kappa shape index (κ3) is 6.37. The van der Waals surface area contributed by atoms with E-state index in [2.05, 4.69) is 15.6 Å². The molecule has 0 aliphatic carbocycles. The largest absolute Gasteiger partial charge is 0.344 e. The van der Waals surface area contributed by atoms with E-state index in [9.17, 15) is 18.4 Å². The van der Waals surface area contributed by atoms with E-state index in [0.29, 0.717) is 23.5 Å². The lowest BCUT2D eigenvalue weighted by Crippen LogP contribution is -2.47. The molecule has 1 aromatic heterocycles. The van der Waals surface area contributed by atoms with Crippen LogP contribution < -0.4 is 10.6 Å². The molecule has 0 saturated heterocycles. The standard InChI is InChI=1S/C20H25F2N3O2S/c1-11(2)7-17(26)24-18(12(3)4)19(27)25-20-23-10-14(28-20)8-13-5-6-15(21)16(22)9-13/h5-6,9-12,18H,7-8H2,1-4H3,(H,24,26)(H,23,25,27). The summed E-state index contributed by atoms with van der Waals surface area (Å²) in [4.78, 5) is 29.6. The Kier molecular flexibility index (Phi) is 7.62. The average molecular weight is 410 g/mol. The van der Waals surface area contributed by atoms with Crippen molar-refractivity contribution in [1.29, 1.82) is 0 Å². The van der Waals surface area contributed by atoms with Gasteiger partial charge in [0.25, 0.3) is 0 Å². The second-order valence-corrected chi connectivity index (χ2v) is 8.55. The second-order valence-electron chi connectivity index (χ2n) is 7.43. The summed E-state index contributed by atoms with van der Waals surface area (Å²) in [5.41, 5.74) is 0.612. The maximum atomic E-state index is 13.3. The minimum Gasteiger partial charge on any atom is -0.344 e. The topological polar surface area (TPSA) is 71.1 Å². The Morgan fingerprint density at radius 1 is 1.14 bits per heavy atom. The van der Waals surface area contributed by atoms with Crippen LogP contribution in [0.25, 0.3) is 0 Å². The Balaban J connectivity index is 2.00. The van der Waals surface area contributed by atoms with Gasteiger partial charge < -0.3 is 10.6 Å². The summed E-state index contributed by atoms with van der Waals surface area (Å²) < 4.78 is 26.4. The Morgan fingerprint density at radius 2 is 1.86 bits per heavy atom. The van der Waals surface area contributed by atoms with Gasteiger partial charge in [0.15, 0.2) is 16.8 Å². The third-order valence-electron chi connectivity index (χ3n) is 4.01. The zero-order valence-electron chi connectivity index (χ0n) is 16.4. The first kappa shape index (κ1) is 21.9. The molecular formula is C20H25F2N3O2S. The molecule has 8 heteroatoms. The van der Waals surface area contributed by atoms with Crippen LogP contribution >= 0.6 is 11.3 Å². The van der Waals surface area contributed by atoms with E-state index in [-0.39, 0.29) is 23.7 Å². The molecule has 2 amide bonds. The van der Waals surface area contributed by atoms with Crippen LogP contribution in [0.3, 0.4) is 0 Å². The molecular weight excluding hydrogens is 384 g/mol. The maximum Gasteiger partial charge on any atom is 0.248 e. The van der Waals surface area contributed by atoms with E-state index in [1.54, 1.807) is 6.20 Å². The number of hydrogen-bond acceptors (Lipinski definition) is 4. The second kappa shape index (κ2) is 9.73. The Bertz CT molecular complexity index is 837. The van der Waals surface area contributed by atoms with Crippen molar-refractivity contribution in [2.45, 2.75) is 46.6 Å². The van der Waals surface area contributed by atoms with E-state index < -0.39 is 17.7 Å². The van der Waals surface area contributed by atoms with Crippen LogP contribution in [0.5, 0.6) is 0 Å². The number of amides is 2. The van der Waals surface area contributed by atoms with Gasteiger partial charge in [0.05, 0.1) is 0 Å². The van der Waals surface area contributed by atoms with Crippen molar-refractivity contribution >= 4 is 28.3 Å². The lowest BCUT2D eigenvalue weighted by molar-refractivity contribution is -0.127. The number of halogens is 2. The summed E-state index contributed by atoms with van der Waals surface area (Å²) in [5.74, 6) is -2.16. The lowest BCUT2D eigenvalue weighted by Gasteiger charge is -2.21. The number of rotatable bonds is 8. The highest BCUT2D eigenvalue weighted by Crippen LogP contribution is 2.22. The molecule has 0 radical (unpaired) electrons. The highest BCUT2D eigenvalue weighted by atomic mass is 32.1. The smallest absolute Gasteiger partial charge is 0.248 e. The Hall–Kier alpha value is -2.35. The van der Waals surface area contributed by atoms with Gasteiger partial charge in [0.1, 0.15) is 6.04 Å². The highest BCUT2D eigenvalue weighted by molar-refractivity contribution is 7.15. The molecule has 0 aliphatic rings. The fraction of sp³-hybridized carbons (Fsp3) is 0.450. The predicted octanol–water partition coefficient (Wildman–Crippen LogP) is 4.14. The van der Waals surface area contributed by atoms with E-state index in [1.807, 2.05) is 27.7 Å². The summed E-state index contributed by atoms with van der Waals surface area (Å²) >= 11 is 1.25. The van der Waals surface area contributed by atoms with Crippen LogP contribution in [0.1, 0.15) is 44.6 Å². The number of nitrogens with one attached hydrogen (secondary N) is 2. The molecule has 28 heavy (non-hydrogen) atoms. The number of aromatic nitrogens is 1. The molecule has 5 nitrogen and oxygen atoms in total. The third-order valence-corrected chi connectivity index (χ3v) is 4.92. The van der Waals surface area contributed by atoms with Crippen LogP contribution in [-0.4, -0.2) is 22.8 Å². The van der Waals surface area contributed by atoms with Gasteiger partial charge in [0, 0.05) is 23.9 Å². The highest BCUT2D eigenvalue weighted by Gasteiger charge is 2.25. The number of carbonyl (C=O) groups excluding carboxylic acids is 2. The Morgan fingerprint density at radius 3 is 2.46 bits per heavy atom. The molecule has 2 N–H and O–H groups in total. The molecule has 0 aliphatic heterocycles. The minimum atomic E-state index is -0.896. The normalized spacial score (nSPS) is 12.3. The first-order valence-corrected chi connectivity index (χ1v) is 9.96. The van der Waals surface area contributed by atoms with Crippen LogP contribution in [0.2, 0.25) is 0 Å². The quantitative estimate of drug-likeness (QED) is 0.688. The zero-order chi connectivity index (χ0) is 20.8. The molecule has 0 bridgehead atoms. The zero-order valence-corrected chi connectivity index (χ0v) is 17.2. The molecule has 152 valence electrons. The van der Waals surface area contributed by atoms with Crippen LogP contribution in [0, 0.1) is 23.5 Å². The number of carbonyl (C=O) groups is 2. The summed E-state index contributed by atoms with van der Waals surface area (Å²) in [7, 11) is 0. The fourth-order valence-electron chi connectivity index (χ4n) is 2.62. The van der Waals surface area contributed by atoms with E-state index >= 15 is 0 Å². The van der Waals surface area contributed by atoms with Crippen LogP contribution in [0.15, 0.2) is 24.4 Å². The SMILES string of the molecule is CC(C)CC(=O)NC(C(=O)Nc1ncc(Cc2ccc(F)c(F)c2)s1)C(C)C. The van der Waals surface area contributed by atoms with Crippen molar-refractivity contribution in [3.05, 3.63) is 46.5 Å². The van der Waals surface area contributed by atoms with Gasteiger partial charge in [0.2, 0.25) is 11.8 Å². The lowest BCUT2D eigenvalue weighted by atomic mass is 10.0. The van der Waals surface area contributed by atoms with Gasteiger partial charge in [-0.25, -0.2) is 13.8 Å². The van der Waals surface area contributed by atoms with Crippen molar-refractivity contribution < 1.29 is 18.4 Å². The molecule has 0 fully saturated rings. The molecule has 1 unspecified atom stereocenters. The summed E-state index contributed by atoms with van der Waals surface area (Å²) in [6.07, 6.45) is 2.32. The number of hydrogen-bond donors (Lipinski definition) is 2. The minimum absolute atomic E-state index is 0.0854. The number of nitrogens with zero attached hydrogens (tertiary/aromatic N) is 1. The van der Waals surface area contributed by atoms with E-state index in [1.165, 1.54) is 17.4 Å². The van der Waals surface area contributed by atoms with Crippen molar-refractivity contribution in [3.8, 4) is 0 Å². The monoisotopic (exact) mass is 409 g/mol. The molecule has 1 aromatic carbocycles. The summed E-state index contributed by atoms with van der Waals surface area (Å²) in [5, 5.41) is 5.90. The van der Waals surface area contributed by atoms with Crippen molar-refractivity contribution in [2.24, 2.45) is 11.8 Å².